The van der Waals surface area contributed by atoms with Crippen molar-refractivity contribution < 1.29 is 19.4 Å². The van der Waals surface area contributed by atoms with Crippen LogP contribution in [0.1, 0.15) is 29.3 Å². The van der Waals surface area contributed by atoms with Crippen molar-refractivity contribution in [3.05, 3.63) is 23.3 Å². The molecule has 0 atom stereocenters. The van der Waals surface area contributed by atoms with Crippen LogP contribution >= 0.6 is 0 Å². The fourth-order valence-electron chi connectivity index (χ4n) is 1.74. The summed E-state index contributed by atoms with van der Waals surface area (Å²) >= 11 is 0. The Labute approximate surface area is 118 Å². The van der Waals surface area contributed by atoms with Crippen molar-refractivity contribution in [1.29, 1.82) is 0 Å². The van der Waals surface area contributed by atoms with Crippen molar-refractivity contribution in [3.63, 3.8) is 0 Å². The van der Waals surface area contributed by atoms with E-state index in [4.69, 9.17) is 27.4 Å². The second kappa shape index (κ2) is 7.76. The zero-order chi connectivity index (χ0) is 15.0. The maximum atomic E-state index is 11.1. The van der Waals surface area contributed by atoms with Gasteiger partial charge >= 0.3 is 5.97 Å². The molecule has 1 aromatic carbocycles. The van der Waals surface area contributed by atoms with E-state index in [1.165, 1.54) is 12.1 Å². The maximum Gasteiger partial charge on any atom is 0.335 e. The summed E-state index contributed by atoms with van der Waals surface area (Å²) in [4.78, 5) is 11.1. The van der Waals surface area contributed by atoms with Gasteiger partial charge in [-0.25, -0.2) is 4.79 Å². The molecule has 0 saturated heterocycles. The zero-order valence-corrected chi connectivity index (χ0v) is 11.3. The van der Waals surface area contributed by atoms with E-state index in [9.17, 15) is 4.79 Å². The Bertz CT molecular complexity index is 522. The molecule has 0 aliphatic carbocycles. The number of hydrogen-bond acceptors (Lipinski definition) is 3. The molecule has 0 heterocycles. The Morgan fingerprint density at radius 1 is 1.20 bits per heavy atom. The third-order valence-corrected chi connectivity index (χ3v) is 2.54. The average Bonchev–Trinajstić information content (AvgIpc) is 2.44. The van der Waals surface area contributed by atoms with Crippen LogP contribution in [0.15, 0.2) is 12.1 Å². The van der Waals surface area contributed by atoms with E-state index in [0.717, 1.165) is 12.0 Å². The summed E-state index contributed by atoms with van der Waals surface area (Å²) in [6.07, 6.45) is 11.9. The Morgan fingerprint density at radius 3 is 2.05 bits per heavy atom. The molecule has 20 heavy (non-hydrogen) atoms. The van der Waals surface area contributed by atoms with E-state index in [1.54, 1.807) is 0 Å². The van der Waals surface area contributed by atoms with Crippen LogP contribution < -0.4 is 9.47 Å². The number of rotatable bonds is 7. The van der Waals surface area contributed by atoms with Crippen LogP contribution in [0.25, 0.3) is 0 Å². The monoisotopic (exact) mass is 272 g/mol. The third kappa shape index (κ3) is 3.96. The van der Waals surface area contributed by atoms with Crippen molar-refractivity contribution >= 4 is 5.97 Å². The number of terminal acetylenes is 2. The van der Waals surface area contributed by atoms with Gasteiger partial charge in [-0.15, -0.1) is 12.8 Å². The van der Waals surface area contributed by atoms with E-state index < -0.39 is 5.97 Å². The summed E-state index contributed by atoms with van der Waals surface area (Å²) < 4.78 is 10.8. The average molecular weight is 272 g/mol. The first kappa shape index (κ1) is 15.5. The quantitative estimate of drug-likeness (QED) is 0.774. The molecule has 0 amide bonds. The molecule has 0 bridgehead atoms. The lowest BCUT2D eigenvalue weighted by Crippen LogP contribution is -2.06. The summed E-state index contributed by atoms with van der Waals surface area (Å²) in [5, 5.41) is 9.11. The van der Waals surface area contributed by atoms with Crippen molar-refractivity contribution in [2.45, 2.75) is 19.8 Å². The Balaban J connectivity index is 3.28. The van der Waals surface area contributed by atoms with Crippen molar-refractivity contribution in [1.82, 2.24) is 0 Å². The summed E-state index contributed by atoms with van der Waals surface area (Å²) in [5.41, 5.74) is 0.854. The van der Waals surface area contributed by atoms with Gasteiger partial charge in [0.05, 0.1) is 5.56 Å². The van der Waals surface area contributed by atoms with Crippen molar-refractivity contribution in [2.24, 2.45) is 0 Å². The van der Waals surface area contributed by atoms with E-state index in [1.807, 2.05) is 6.92 Å². The minimum absolute atomic E-state index is 0.0639. The minimum atomic E-state index is -1.07. The lowest BCUT2D eigenvalue weighted by Gasteiger charge is -2.15. The van der Waals surface area contributed by atoms with Gasteiger partial charge in [0, 0.05) is 5.56 Å². The standard InChI is InChI=1S/C16H16O4/c1-4-7-13-14(19-8-5-2)10-12(16(17)18)11-15(13)20-9-6-3/h2-3,10-11H,4,7-9H2,1H3,(H,17,18). The highest BCUT2D eigenvalue weighted by atomic mass is 16.5. The highest BCUT2D eigenvalue weighted by Crippen LogP contribution is 2.32. The molecule has 0 saturated carbocycles. The normalized spacial score (nSPS) is 9.35. The predicted molar refractivity (Wildman–Crippen MR) is 76.1 cm³/mol. The largest absolute Gasteiger partial charge is 0.481 e. The van der Waals surface area contributed by atoms with Gasteiger partial charge in [0.2, 0.25) is 0 Å². The summed E-state index contributed by atoms with van der Waals surface area (Å²) in [5.74, 6) is 4.50. The van der Waals surface area contributed by atoms with Crippen molar-refractivity contribution in [2.75, 3.05) is 13.2 Å². The lowest BCUT2D eigenvalue weighted by molar-refractivity contribution is 0.0696. The molecular formula is C16H16O4. The van der Waals surface area contributed by atoms with Gasteiger partial charge in [-0.05, 0) is 18.6 Å². The van der Waals surface area contributed by atoms with Crippen LogP contribution in [0.4, 0.5) is 0 Å². The fraction of sp³-hybridized carbons (Fsp3) is 0.312. The Hall–Kier alpha value is -2.59. The number of aromatic carboxylic acids is 1. The molecule has 0 aliphatic heterocycles. The second-order valence-corrected chi connectivity index (χ2v) is 3.99. The summed E-state index contributed by atoms with van der Waals surface area (Å²) in [7, 11) is 0. The number of hydrogen-bond donors (Lipinski definition) is 1. The Kier molecular flexibility index (Phi) is 6.00. The first-order valence-corrected chi connectivity index (χ1v) is 6.16. The smallest absolute Gasteiger partial charge is 0.335 e. The molecule has 1 N–H and O–H groups in total. The van der Waals surface area contributed by atoms with Crippen LogP contribution in [0.3, 0.4) is 0 Å². The maximum absolute atomic E-state index is 11.1. The van der Waals surface area contributed by atoms with E-state index in [-0.39, 0.29) is 18.8 Å². The van der Waals surface area contributed by atoms with E-state index in [0.29, 0.717) is 17.9 Å². The van der Waals surface area contributed by atoms with Gasteiger partial charge in [0.25, 0.3) is 0 Å². The van der Waals surface area contributed by atoms with Gasteiger partial charge in [0.15, 0.2) is 0 Å². The molecule has 0 unspecified atom stereocenters. The Morgan fingerprint density at radius 2 is 1.70 bits per heavy atom. The highest BCUT2D eigenvalue weighted by molar-refractivity contribution is 5.89. The molecule has 0 aromatic heterocycles. The van der Waals surface area contributed by atoms with Gasteiger partial charge in [0.1, 0.15) is 24.7 Å². The topological polar surface area (TPSA) is 55.8 Å². The number of carboxylic acids is 1. The molecule has 0 fully saturated rings. The summed E-state index contributed by atoms with van der Waals surface area (Å²) in [6, 6.07) is 2.90. The van der Waals surface area contributed by atoms with Crippen LogP contribution in [-0.2, 0) is 6.42 Å². The predicted octanol–water partition coefficient (Wildman–Crippen LogP) is 2.36. The number of carbonyl (C=O) groups is 1. The zero-order valence-electron chi connectivity index (χ0n) is 11.3. The minimum Gasteiger partial charge on any atom is -0.481 e. The van der Waals surface area contributed by atoms with Gasteiger partial charge < -0.3 is 14.6 Å². The molecule has 0 spiro atoms. The number of benzene rings is 1. The number of ether oxygens (including phenoxy) is 2. The summed E-state index contributed by atoms with van der Waals surface area (Å²) in [6.45, 7) is 2.13. The first-order chi connectivity index (χ1) is 9.63. The van der Waals surface area contributed by atoms with Gasteiger partial charge in [-0.2, -0.15) is 0 Å². The molecule has 0 radical (unpaired) electrons. The van der Waals surface area contributed by atoms with Crippen LogP contribution in [0, 0.1) is 24.7 Å². The van der Waals surface area contributed by atoms with Crippen molar-refractivity contribution in [3.8, 4) is 36.2 Å². The molecule has 104 valence electrons. The fourth-order valence-corrected chi connectivity index (χ4v) is 1.74. The molecule has 4 nitrogen and oxygen atoms in total. The van der Waals surface area contributed by atoms with Crippen LogP contribution in [0.2, 0.25) is 0 Å². The van der Waals surface area contributed by atoms with Crippen LogP contribution in [0.5, 0.6) is 11.5 Å². The van der Waals surface area contributed by atoms with Crippen LogP contribution in [-0.4, -0.2) is 24.3 Å². The molecule has 0 aliphatic rings. The molecule has 4 heteroatoms. The molecular weight excluding hydrogens is 256 g/mol. The van der Waals surface area contributed by atoms with E-state index in [2.05, 4.69) is 11.8 Å². The van der Waals surface area contributed by atoms with Gasteiger partial charge in [-0.1, -0.05) is 25.2 Å². The molecule has 1 aromatic rings. The van der Waals surface area contributed by atoms with E-state index >= 15 is 0 Å². The lowest BCUT2D eigenvalue weighted by atomic mass is 10.0. The number of carboxylic acid groups (broad SMARTS) is 1. The molecule has 1 rings (SSSR count). The van der Waals surface area contributed by atoms with Gasteiger partial charge in [-0.3, -0.25) is 0 Å². The SMILES string of the molecule is C#CCOc1cc(C(=O)O)cc(OCC#C)c1CCC. The first-order valence-electron chi connectivity index (χ1n) is 6.16. The highest BCUT2D eigenvalue weighted by Gasteiger charge is 2.16. The second-order valence-electron chi connectivity index (χ2n) is 3.99. The third-order valence-electron chi connectivity index (χ3n) is 2.54.